The smallest absolute Gasteiger partial charge is 0.273 e. The molecular weight excluding hydrogens is 506 g/mol. The van der Waals surface area contributed by atoms with Gasteiger partial charge in [0.05, 0.1) is 18.4 Å². The molecule has 3 aromatic rings. The molecular formula is C27H31N5O5S. The number of ether oxygens (including phenoxy) is 2. The number of hydrogen-bond donors (Lipinski definition) is 3. The van der Waals surface area contributed by atoms with Crippen LogP contribution in [0.2, 0.25) is 0 Å². The maximum Gasteiger partial charge on any atom is 0.273 e. The standard InChI is InChI=1S/C27H31N5O5S/c1-3-36-19-12-8-17(9-13-19)23(26(34)30-15-20-5-4-14-37-20)32(18-10-6-16(2)7-11-18)27(35)24-21(28)22(25(29)33)31-38-24/h6-13,20,23H,3-5,14-15,28H2,1-2H3,(H2,29,33)(H,30,34)/t20-,23+/m0/s1. The van der Waals surface area contributed by atoms with Crippen molar-refractivity contribution in [2.24, 2.45) is 5.73 Å². The average Bonchev–Trinajstić information content (AvgIpc) is 3.57. The number of amides is 3. The molecule has 38 heavy (non-hydrogen) atoms. The van der Waals surface area contributed by atoms with E-state index in [-0.39, 0.29) is 22.4 Å². The van der Waals surface area contributed by atoms with Crippen LogP contribution in [-0.4, -0.2) is 48.0 Å². The molecule has 0 radical (unpaired) electrons. The van der Waals surface area contributed by atoms with E-state index in [1.807, 2.05) is 26.0 Å². The van der Waals surface area contributed by atoms with Gasteiger partial charge >= 0.3 is 0 Å². The Bertz CT molecular complexity index is 1290. The monoisotopic (exact) mass is 537 g/mol. The van der Waals surface area contributed by atoms with Crippen LogP contribution in [0.4, 0.5) is 11.4 Å². The second-order valence-corrected chi connectivity index (χ2v) is 9.71. The summed E-state index contributed by atoms with van der Waals surface area (Å²) in [4.78, 5) is 41.0. The molecule has 1 aliphatic heterocycles. The first kappa shape index (κ1) is 27.1. The Morgan fingerprint density at radius 1 is 1.18 bits per heavy atom. The summed E-state index contributed by atoms with van der Waals surface area (Å²) in [7, 11) is 0. The van der Waals surface area contributed by atoms with E-state index in [2.05, 4.69) is 9.69 Å². The third kappa shape index (κ3) is 5.95. The first-order chi connectivity index (χ1) is 18.3. The zero-order chi connectivity index (χ0) is 27.2. The summed E-state index contributed by atoms with van der Waals surface area (Å²) in [5, 5.41) is 2.96. The number of primary amides is 1. The molecule has 200 valence electrons. The summed E-state index contributed by atoms with van der Waals surface area (Å²) in [5.41, 5.74) is 13.2. The SMILES string of the molecule is CCOc1ccc([C@H](C(=O)NC[C@@H]2CCCO2)N(C(=O)c2snc(C(N)=O)c2N)c2ccc(C)cc2)cc1. The first-order valence-corrected chi connectivity index (χ1v) is 13.1. The minimum absolute atomic E-state index is 0.0160. The fourth-order valence-corrected chi connectivity index (χ4v) is 5.02. The van der Waals surface area contributed by atoms with Crippen molar-refractivity contribution in [3.8, 4) is 5.75 Å². The number of nitrogen functional groups attached to an aromatic ring is 1. The number of nitrogens with zero attached hydrogens (tertiary/aromatic N) is 2. The van der Waals surface area contributed by atoms with Crippen LogP contribution in [-0.2, 0) is 9.53 Å². The molecule has 3 amide bonds. The Balaban J connectivity index is 1.79. The number of anilines is 2. The van der Waals surface area contributed by atoms with Gasteiger partial charge < -0.3 is 26.3 Å². The molecule has 1 aliphatic rings. The Morgan fingerprint density at radius 3 is 2.47 bits per heavy atom. The molecule has 1 aromatic heterocycles. The maximum absolute atomic E-state index is 14.1. The van der Waals surface area contributed by atoms with Crippen LogP contribution in [0.5, 0.6) is 5.75 Å². The molecule has 0 spiro atoms. The molecule has 0 aliphatic carbocycles. The normalized spacial score (nSPS) is 15.6. The van der Waals surface area contributed by atoms with Gasteiger partial charge in [-0.1, -0.05) is 29.8 Å². The van der Waals surface area contributed by atoms with Crippen LogP contribution < -0.4 is 26.4 Å². The molecule has 5 N–H and O–H groups in total. The predicted octanol–water partition coefficient (Wildman–Crippen LogP) is 3.21. The number of aryl methyl sites for hydroxylation is 1. The first-order valence-electron chi connectivity index (χ1n) is 12.4. The highest BCUT2D eigenvalue weighted by molar-refractivity contribution is 7.09. The number of carbonyl (C=O) groups excluding carboxylic acids is 3. The van der Waals surface area contributed by atoms with Crippen molar-refractivity contribution in [2.75, 3.05) is 30.4 Å². The van der Waals surface area contributed by atoms with Crippen molar-refractivity contribution in [3.63, 3.8) is 0 Å². The predicted molar refractivity (Wildman–Crippen MR) is 145 cm³/mol. The molecule has 0 bridgehead atoms. The van der Waals surface area contributed by atoms with E-state index in [0.29, 0.717) is 36.8 Å². The van der Waals surface area contributed by atoms with Gasteiger partial charge in [-0.3, -0.25) is 19.3 Å². The van der Waals surface area contributed by atoms with Crippen LogP contribution in [0.15, 0.2) is 48.5 Å². The summed E-state index contributed by atoms with van der Waals surface area (Å²) in [6.07, 6.45) is 1.70. The average molecular weight is 538 g/mol. The van der Waals surface area contributed by atoms with E-state index >= 15 is 0 Å². The van der Waals surface area contributed by atoms with Gasteiger partial charge in [-0.25, -0.2) is 0 Å². The summed E-state index contributed by atoms with van der Waals surface area (Å²) < 4.78 is 15.2. The molecule has 1 fully saturated rings. The van der Waals surface area contributed by atoms with E-state index in [1.54, 1.807) is 36.4 Å². The molecule has 2 heterocycles. The van der Waals surface area contributed by atoms with Crippen molar-refractivity contribution in [2.45, 2.75) is 38.8 Å². The van der Waals surface area contributed by atoms with Crippen molar-refractivity contribution in [3.05, 3.63) is 70.2 Å². The number of nitrogens with one attached hydrogen (secondary N) is 1. The van der Waals surface area contributed by atoms with Crippen LogP contribution in [0.25, 0.3) is 0 Å². The lowest BCUT2D eigenvalue weighted by molar-refractivity contribution is -0.123. The van der Waals surface area contributed by atoms with Gasteiger partial charge in [0.1, 0.15) is 16.7 Å². The fourth-order valence-electron chi connectivity index (χ4n) is 4.27. The molecule has 0 saturated carbocycles. The molecule has 0 unspecified atom stereocenters. The van der Waals surface area contributed by atoms with E-state index < -0.39 is 23.8 Å². The van der Waals surface area contributed by atoms with E-state index in [0.717, 1.165) is 29.9 Å². The Kier molecular flexibility index (Phi) is 8.59. The minimum Gasteiger partial charge on any atom is -0.494 e. The number of carbonyl (C=O) groups is 3. The third-order valence-corrected chi connectivity index (χ3v) is 7.08. The van der Waals surface area contributed by atoms with E-state index in [9.17, 15) is 14.4 Å². The second-order valence-electron chi connectivity index (χ2n) is 8.93. The quantitative estimate of drug-likeness (QED) is 0.359. The van der Waals surface area contributed by atoms with Gasteiger partial charge in [-0.15, -0.1) is 0 Å². The number of aromatic nitrogens is 1. The van der Waals surface area contributed by atoms with Crippen molar-refractivity contribution < 1.29 is 23.9 Å². The molecule has 4 rings (SSSR count). The third-order valence-electron chi connectivity index (χ3n) is 6.23. The largest absolute Gasteiger partial charge is 0.494 e. The molecule has 10 nitrogen and oxygen atoms in total. The Morgan fingerprint density at radius 2 is 1.89 bits per heavy atom. The van der Waals surface area contributed by atoms with Gasteiger partial charge in [0, 0.05) is 18.8 Å². The van der Waals surface area contributed by atoms with Gasteiger partial charge in [-0.2, -0.15) is 4.37 Å². The lowest BCUT2D eigenvalue weighted by atomic mass is 10.0. The van der Waals surface area contributed by atoms with E-state index in [1.165, 1.54) is 4.90 Å². The topological polar surface area (TPSA) is 150 Å². The highest BCUT2D eigenvalue weighted by Crippen LogP contribution is 2.34. The van der Waals surface area contributed by atoms with Gasteiger partial charge in [-0.05, 0) is 68.1 Å². The van der Waals surface area contributed by atoms with Crippen molar-refractivity contribution in [1.82, 2.24) is 9.69 Å². The lowest BCUT2D eigenvalue weighted by Gasteiger charge is -2.31. The van der Waals surface area contributed by atoms with Crippen LogP contribution in [0.1, 0.15) is 57.1 Å². The van der Waals surface area contributed by atoms with Crippen LogP contribution in [0.3, 0.4) is 0 Å². The summed E-state index contributed by atoms with van der Waals surface area (Å²) >= 11 is 0.767. The van der Waals surface area contributed by atoms with Gasteiger partial charge in [0.15, 0.2) is 5.69 Å². The van der Waals surface area contributed by atoms with Crippen molar-refractivity contribution in [1.29, 1.82) is 0 Å². The minimum atomic E-state index is -1.07. The Labute approximate surface area is 225 Å². The highest BCUT2D eigenvalue weighted by Gasteiger charge is 2.36. The van der Waals surface area contributed by atoms with Crippen LogP contribution in [0, 0.1) is 6.92 Å². The molecule has 11 heteroatoms. The highest BCUT2D eigenvalue weighted by atomic mass is 32.1. The zero-order valence-corrected chi connectivity index (χ0v) is 22.1. The van der Waals surface area contributed by atoms with E-state index in [4.69, 9.17) is 20.9 Å². The summed E-state index contributed by atoms with van der Waals surface area (Å²) in [6, 6.07) is 13.2. The fraction of sp³-hybridized carbons (Fsp3) is 0.333. The summed E-state index contributed by atoms with van der Waals surface area (Å²) in [5.74, 6) is -1.17. The van der Waals surface area contributed by atoms with Gasteiger partial charge in [0.2, 0.25) is 5.91 Å². The number of nitrogens with two attached hydrogens (primary N) is 2. The molecule has 1 saturated heterocycles. The second kappa shape index (κ2) is 12.1. The Hall–Kier alpha value is -3.96. The number of rotatable bonds is 10. The maximum atomic E-state index is 14.1. The molecule has 2 aromatic carbocycles. The summed E-state index contributed by atoms with van der Waals surface area (Å²) in [6.45, 7) is 5.27. The lowest BCUT2D eigenvalue weighted by Crippen LogP contribution is -2.45. The zero-order valence-electron chi connectivity index (χ0n) is 21.3. The number of hydrogen-bond acceptors (Lipinski definition) is 8. The molecule has 2 atom stereocenters. The van der Waals surface area contributed by atoms with Crippen molar-refractivity contribution >= 4 is 40.6 Å². The van der Waals surface area contributed by atoms with Gasteiger partial charge in [0.25, 0.3) is 11.8 Å². The number of benzene rings is 2. The van der Waals surface area contributed by atoms with Crippen LogP contribution >= 0.6 is 11.5 Å².